The highest BCUT2D eigenvalue weighted by atomic mass is 32.2. The minimum atomic E-state index is -3.37. The Morgan fingerprint density at radius 3 is 2.53 bits per heavy atom. The highest BCUT2D eigenvalue weighted by Gasteiger charge is 2.16. The van der Waals surface area contributed by atoms with Crippen molar-refractivity contribution in [3.63, 3.8) is 0 Å². The van der Waals surface area contributed by atoms with Gasteiger partial charge in [-0.05, 0) is 30.3 Å². The number of methoxy groups -OCH3 is 1. The molecule has 36 heavy (non-hydrogen) atoms. The molecule has 2 heterocycles. The van der Waals surface area contributed by atoms with Crippen molar-refractivity contribution in [3.05, 3.63) is 89.2 Å². The van der Waals surface area contributed by atoms with E-state index in [0.29, 0.717) is 34.7 Å². The maximum Gasteiger partial charge on any atom is 0.280 e. The zero-order valence-corrected chi connectivity index (χ0v) is 21.3. The molecule has 5 rings (SSSR count). The Hall–Kier alpha value is -3.66. The van der Waals surface area contributed by atoms with Crippen molar-refractivity contribution >= 4 is 48.2 Å². The lowest BCUT2D eigenvalue weighted by Crippen LogP contribution is -2.19. The lowest BCUT2D eigenvalue weighted by Gasteiger charge is -2.08. The Balaban J connectivity index is 1.69. The third kappa shape index (κ3) is 4.73. The van der Waals surface area contributed by atoms with Crippen molar-refractivity contribution in [1.29, 1.82) is 0 Å². The van der Waals surface area contributed by atoms with E-state index in [2.05, 4.69) is 4.99 Å². The Morgan fingerprint density at radius 2 is 1.78 bits per heavy atom. The molecule has 0 aliphatic rings. The molecule has 0 spiro atoms. The molecule has 0 saturated carbocycles. The first-order valence-corrected chi connectivity index (χ1v) is 13.9. The number of amides is 1. The number of rotatable bonds is 6. The summed E-state index contributed by atoms with van der Waals surface area (Å²) in [6, 6.07) is 23.9. The molecule has 9 heteroatoms. The molecule has 0 aliphatic heterocycles. The molecule has 1 amide bonds. The van der Waals surface area contributed by atoms with E-state index in [0.717, 1.165) is 21.2 Å². The topological polar surface area (TPSA) is 90.6 Å². The molecular formula is C27H23N3O4S2. The first kappa shape index (κ1) is 24.1. The third-order valence-corrected chi connectivity index (χ3v) is 7.97. The third-order valence-electron chi connectivity index (χ3n) is 5.81. The average Bonchev–Trinajstić information content (AvgIpc) is 3.22. The van der Waals surface area contributed by atoms with E-state index in [1.54, 1.807) is 31.4 Å². The lowest BCUT2D eigenvalue weighted by molar-refractivity contribution is 0.0999. The Morgan fingerprint density at radius 1 is 1.03 bits per heavy atom. The predicted molar refractivity (Wildman–Crippen MR) is 142 cm³/mol. The van der Waals surface area contributed by atoms with Gasteiger partial charge in [0, 0.05) is 30.9 Å². The number of fused-ring (bicyclic) bond motifs is 2. The maximum absolute atomic E-state index is 13.6. The summed E-state index contributed by atoms with van der Waals surface area (Å²) in [6.45, 7) is 0.880. The van der Waals surface area contributed by atoms with Crippen LogP contribution in [0.4, 0.5) is 0 Å². The van der Waals surface area contributed by atoms with E-state index in [9.17, 15) is 13.2 Å². The molecule has 0 unspecified atom stereocenters. The Bertz CT molecular complexity index is 1770. The molecule has 5 aromatic rings. The second-order valence-corrected chi connectivity index (χ2v) is 11.3. The van der Waals surface area contributed by atoms with Crippen LogP contribution in [-0.2, 0) is 21.1 Å². The van der Waals surface area contributed by atoms with Gasteiger partial charge in [-0.3, -0.25) is 4.79 Å². The van der Waals surface area contributed by atoms with Crippen LogP contribution in [0.5, 0.6) is 0 Å². The molecule has 0 bridgehead atoms. The van der Waals surface area contributed by atoms with Gasteiger partial charge in [-0.25, -0.2) is 13.4 Å². The minimum absolute atomic E-state index is 0.223. The number of ether oxygens (including phenoxy) is 1. The highest BCUT2D eigenvalue weighted by molar-refractivity contribution is 7.90. The fourth-order valence-corrected chi connectivity index (χ4v) is 5.84. The van der Waals surface area contributed by atoms with Crippen molar-refractivity contribution in [1.82, 2.24) is 9.55 Å². The van der Waals surface area contributed by atoms with Crippen LogP contribution in [0.25, 0.3) is 32.4 Å². The monoisotopic (exact) mass is 517 g/mol. The Labute approximate surface area is 212 Å². The predicted octanol–water partition coefficient (Wildman–Crippen LogP) is 4.71. The molecule has 0 fully saturated rings. The number of thiazole rings is 1. The number of carbonyl (C=O) groups excluding carboxylic acids is 1. The van der Waals surface area contributed by atoms with Crippen LogP contribution >= 0.6 is 11.3 Å². The number of benzene rings is 3. The standard InChI is InChI=1S/C27H23N3O4S2/c1-34-15-14-30-24-13-12-19(36(2,32)33)16-25(24)35-27(30)29-26(31)21-17-23(18-8-4-3-5-9-18)28-22-11-7-6-10-20(21)22/h3-13,16-17H,14-15H2,1-2H3. The minimum Gasteiger partial charge on any atom is -0.383 e. The summed E-state index contributed by atoms with van der Waals surface area (Å²) in [6.07, 6.45) is 1.18. The second-order valence-electron chi connectivity index (χ2n) is 8.29. The summed E-state index contributed by atoms with van der Waals surface area (Å²) in [7, 11) is -1.76. The number of hydrogen-bond donors (Lipinski definition) is 0. The molecule has 0 aliphatic carbocycles. The van der Waals surface area contributed by atoms with Gasteiger partial charge in [-0.2, -0.15) is 4.99 Å². The molecule has 3 aromatic carbocycles. The largest absolute Gasteiger partial charge is 0.383 e. The molecule has 0 saturated heterocycles. The van der Waals surface area contributed by atoms with Crippen LogP contribution in [-0.4, -0.2) is 43.8 Å². The van der Waals surface area contributed by atoms with Crippen molar-refractivity contribution in [2.24, 2.45) is 4.99 Å². The smallest absolute Gasteiger partial charge is 0.280 e. The summed E-state index contributed by atoms with van der Waals surface area (Å²) < 4.78 is 32.0. The van der Waals surface area contributed by atoms with Crippen LogP contribution < -0.4 is 4.80 Å². The molecule has 7 nitrogen and oxygen atoms in total. The summed E-state index contributed by atoms with van der Waals surface area (Å²) in [5.41, 5.74) is 3.54. The first-order valence-electron chi connectivity index (χ1n) is 11.2. The zero-order valence-electron chi connectivity index (χ0n) is 19.7. The van der Waals surface area contributed by atoms with Gasteiger partial charge in [0.25, 0.3) is 5.91 Å². The lowest BCUT2D eigenvalue weighted by atomic mass is 10.0. The first-order chi connectivity index (χ1) is 17.3. The quantitative estimate of drug-likeness (QED) is 0.325. The van der Waals surface area contributed by atoms with Crippen LogP contribution in [0, 0.1) is 0 Å². The highest BCUT2D eigenvalue weighted by Crippen LogP contribution is 2.26. The van der Waals surface area contributed by atoms with Crippen LogP contribution in [0.3, 0.4) is 0 Å². The van der Waals surface area contributed by atoms with Crippen molar-refractivity contribution < 1.29 is 17.9 Å². The summed E-state index contributed by atoms with van der Waals surface area (Å²) in [5, 5.41) is 0.717. The number of pyridine rings is 1. The fraction of sp³-hybridized carbons (Fsp3) is 0.148. The molecule has 0 atom stereocenters. The van der Waals surface area contributed by atoms with Gasteiger partial charge in [-0.15, -0.1) is 0 Å². The number of nitrogens with zero attached hydrogens (tertiary/aromatic N) is 3. The normalized spacial score (nSPS) is 12.4. The molecule has 0 N–H and O–H groups in total. The van der Waals surface area contributed by atoms with Gasteiger partial charge < -0.3 is 9.30 Å². The van der Waals surface area contributed by atoms with E-state index >= 15 is 0 Å². The van der Waals surface area contributed by atoms with Crippen LogP contribution in [0.1, 0.15) is 10.4 Å². The van der Waals surface area contributed by atoms with E-state index in [1.807, 2.05) is 59.2 Å². The van der Waals surface area contributed by atoms with Crippen LogP contribution in [0.15, 0.2) is 88.8 Å². The number of aromatic nitrogens is 2. The Kier molecular flexibility index (Phi) is 6.53. The van der Waals surface area contributed by atoms with Crippen molar-refractivity contribution in [3.8, 4) is 11.3 Å². The van der Waals surface area contributed by atoms with Gasteiger partial charge in [0.1, 0.15) is 0 Å². The number of hydrogen-bond acceptors (Lipinski definition) is 6. The second kappa shape index (κ2) is 9.77. The molecule has 182 valence electrons. The van der Waals surface area contributed by atoms with Gasteiger partial charge >= 0.3 is 0 Å². The number of para-hydroxylation sites is 1. The summed E-state index contributed by atoms with van der Waals surface area (Å²) in [4.78, 5) is 23.6. The van der Waals surface area contributed by atoms with Gasteiger partial charge in [0.2, 0.25) is 0 Å². The van der Waals surface area contributed by atoms with E-state index in [-0.39, 0.29) is 4.90 Å². The average molecular weight is 518 g/mol. The summed E-state index contributed by atoms with van der Waals surface area (Å²) >= 11 is 1.27. The number of sulfone groups is 1. The van der Waals surface area contributed by atoms with Crippen LogP contribution in [0.2, 0.25) is 0 Å². The van der Waals surface area contributed by atoms with E-state index in [1.165, 1.54) is 17.6 Å². The zero-order chi connectivity index (χ0) is 25.3. The van der Waals surface area contributed by atoms with Crippen molar-refractivity contribution in [2.45, 2.75) is 11.4 Å². The maximum atomic E-state index is 13.6. The van der Waals surface area contributed by atoms with Gasteiger partial charge in [0.15, 0.2) is 14.6 Å². The van der Waals surface area contributed by atoms with E-state index < -0.39 is 15.7 Å². The molecular weight excluding hydrogens is 494 g/mol. The SMILES string of the molecule is COCCn1c(=NC(=O)c2cc(-c3ccccc3)nc3ccccc23)sc2cc(S(C)(=O)=O)ccc21. The summed E-state index contributed by atoms with van der Waals surface area (Å²) in [5.74, 6) is -0.396. The molecule has 2 aromatic heterocycles. The van der Waals surface area contributed by atoms with Crippen molar-refractivity contribution in [2.75, 3.05) is 20.0 Å². The molecule has 0 radical (unpaired) electrons. The fourth-order valence-electron chi connectivity index (χ4n) is 4.02. The van der Waals surface area contributed by atoms with Gasteiger partial charge in [0.05, 0.1) is 38.5 Å². The van der Waals surface area contributed by atoms with Gasteiger partial charge in [-0.1, -0.05) is 59.9 Å². The number of carbonyl (C=O) groups is 1. The van der Waals surface area contributed by atoms with E-state index in [4.69, 9.17) is 9.72 Å².